The van der Waals surface area contributed by atoms with E-state index < -0.39 is 225 Å². The summed E-state index contributed by atoms with van der Waals surface area (Å²) in [7, 11) is 0. The SMILES string of the molecule is Cc1c(O)cc(C(=O)Oc2cc(C(=O)Oc3cc(C(=O)Oc4cc(C(=O)Oc5cc(C(=O)Oc6cccc(OC(=O)c7cc(O)c(O)c(OC(=O)c8cc(O)c(O)c(OC(=O)c9cc(O)c(O)c(O)c9)c8)c7)c6)cc(O)c5O)cc(O)c4O)cc(O)c3O)cc(O)c2O)cc1O. The van der Waals surface area contributed by atoms with E-state index in [2.05, 4.69) is 0 Å². The molecule has 0 bridgehead atoms. The van der Waals surface area contributed by atoms with Crippen molar-refractivity contribution < 1.29 is 163 Å². The lowest BCUT2D eigenvalue weighted by molar-refractivity contribution is 0.0699. The summed E-state index contributed by atoms with van der Waals surface area (Å²) in [4.78, 5) is 106. The van der Waals surface area contributed by atoms with Gasteiger partial charge in [0, 0.05) is 11.6 Å². The van der Waals surface area contributed by atoms with Gasteiger partial charge in [0.15, 0.2) is 86.2 Å². The van der Waals surface area contributed by atoms with Crippen molar-refractivity contribution in [3.63, 3.8) is 0 Å². The molecule has 0 saturated carbocycles. The minimum absolute atomic E-state index is 0.00428. The Morgan fingerprint density at radius 2 is 0.385 bits per heavy atom. The van der Waals surface area contributed by atoms with Crippen molar-refractivity contribution in [2.45, 2.75) is 6.92 Å². The molecule has 0 spiro atoms. The first-order valence-corrected chi connectivity index (χ1v) is 26.3. The van der Waals surface area contributed by atoms with Crippen LogP contribution in [0.4, 0.5) is 0 Å². The molecule has 0 fully saturated rings. The number of carbonyl (C=O) groups excluding carboxylic acids is 8. The fraction of sp³-hybridized carbons (Fsp3) is 0.0159. The van der Waals surface area contributed by atoms with Crippen LogP contribution in [0.2, 0.25) is 0 Å². The molecule has 0 amide bonds. The minimum atomic E-state index is -1.57. The van der Waals surface area contributed by atoms with Crippen LogP contribution in [0.3, 0.4) is 0 Å². The van der Waals surface area contributed by atoms with E-state index in [4.69, 9.17) is 37.9 Å². The number of carbonyl (C=O) groups is 8. The molecular formula is C63H40O33. The molecule has 0 aliphatic carbocycles. The summed E-state index contributed by atoms with van der Waals surface area (Å²) in [6.45, 7) is 1.33. The lowest BCUT2D eigenvalue weighted by Crippen LogP contribution is -2.14. The van der Waals surface area contributed by atoms with E-state index in [0.717, 1.165) is 30.3 Å². The van der Waals surface area contributed by atoms with Crippen LogP contribution in [0.5, 0.6) is 144 Å². The molecule has 33 nitrogen and oxygen atoms in total. The molecule has 33 heteroatoms. The standard InChI is InChI=1S/C63H40O33/c1-22-33(64)5-23(6-34(22)65)58(83)91-45-17-27(11-39(70)52(45)77)62(87)95-48-20-30(14-42(73)55(48)80)63(88)96-47-19-29(13-41(72)54(47)79)61(86)94-44-16-26(10-38(69)51(44)76)57(82)90-32-4-2-3-31(21-32)89-56(81)25-9-37(68)50(75)43(15-25)93-60(85)28-12-40(71)53(78)46(18-28)92-59(84)24-7-35(66)49(74)36(67)8-24/h2-21,64-80H,1H3. The van der Waals surface area contributed by atoms with Crippen molar-refractivity contribution in [1.82, 2.24) is 0 Å². The summed E-state index contributed by atoms with van der Waals surface area (Å²) >= 11 is 0. The highest BCUT2D eigenvalue weighted by molar-refractivity contribution is 6.00. The highest BCUT2D eigenvalue weighted by Gasteiger charge is 2.29. The molecule has 0 atom stereocenters. The molecule has 0 unspecified atom stereocenters. The first-order valence-electron chi connectivity index (χ1n) is 26.3. The number of ether oxygens (including phenoxy) is 8. The zero-order valence-electron chi connectivity index (χ0n) is 47.7. The highest BCUT2D eigenvalue weighted by Crippen LogP contribution is 2.45. The molecule has 0 aromatic heterocycles. The van der Waals surface area contributed by atoms with Gasteiger partial charge < -0.3 is 125 Å². The Balaban J connectivity index is 0.847. The maximum atomic E-state index is 13.5. The van der Waals surface area contributed by atoms with Crippen LogP contribution in [-0.4, -0.2) is 135 Å². The number of hydrogen-bond donors (Lipinski definition) is 17. The van der Waals surface area contributed by atoms with Gasteiger partial charge in [0.25, 0.3) is 0 Å². The monoisotopic (exact) mass is 1320 g/mol. The quantitative estimate of drug-likeness (QED) is 0.0270. The second-order valence-electron chi connectivity index (χ2n) is 19.6. The molecule has 0 radical (unpaired) electrons. The normalized spacial score (nSPS) is 10.8. The second-order valence-corrected chi connectivity index (χ2v) is 19.6. The van der Waals surface area contributed by atoms with Crippen LogP contribution in [0.25, 0.3) is 0 Å². The van der Waals surface area contributed by atoms with Gasteiger partial charge in [-0.1, -0.05) is 6.07 Å². The predicted octanol–water partition coefficient (Wildman–Crippen LogP) is 6.74. The Bertz CT molecular complexity index is 4770. The van der Waals surface area contributed by atoms with Crippen LogP contribution in [-0.2, 0) is 0 Å². The van der Waals surface area contributed by atoms with Crippen molar-refractivity contribution in [2.75, 3.05) is 0 Å². The zero-order chi connectivity index (χ0) is 70.0. The molecule has 9 aromatic carbocycles. The summed E-state index contributed by atoms with van der Waals surface area (Å²) in [6, 6.07) is 15.2. The molecule has 96 heavy (non-hydrogen) atoms. The van der Waals surface area contributed by atoms with E-state index in [1.54, 1.807) is 0 Å². The lowest BCUT2D eigenvalue weighted by atomic mass is 10.1. The largest absolute Gasteiger partial charge is 0.508 e. The molecule has 9 aromatic rings. The van der Waals surface area contributed by atoms with E-state index in [0.29, 0.717) is 84.9 Å². The van der Waals surface area contributed by atoms with Gasteiger partial charge in [-0.05, 0) is 116 Å². The van der Waals surface area contributed by atoms with Crippen LogP contribution >= 0.6 is 0 Å². The Morgan fingerprint density at radius 1 is 0.219 bits per heavy atom. The Labute approximate surface area is 531 Å². The summed E-state index contributed by atoms with van der Waals surface area (Å²) in [5.41, 5.74) is -5.22. The number of aromatic hydroxyl groups is 17. The molecule has 0 heterocycles. The molecule has 0 saturated heterocycles. The Hall–Kier alpha value is -14.7. The summed E-state index contributed by atoms with van der Waals surface area (Å²) in [5, 5.41) is 175. The predicted molar refractivity (Wildman–Crippen MR) is 311 cm³/mol. The first kappa shape index (κ1) is 65.8. The fourth-order valence-corrected chi connectivity index (χ4v) is 8.14. The van der Waals surface area contributed by atoms with Crippen LogP contribution in [0.1, 0.15) is 88.4 Å². The van der Waals surface area contributed by atoms with Gasteiger partial charge >= 0.3 is 47.8 Å². The molecule has 490 valence electrons. The fourth-order valence-electron chi connectivity index (χ4n) is 8.14. The summed E-state index contributed by atoms with van der Waals surface area (Å²) in [6.07, 6.45) is 0. The Morgan fingerprint density at radius 3 is 0.594 bits per heavy atom. The van der Waals surface area contributed by atoms with E-state index in [-0.39, 0.29) is 17.1 Å². The molecule has 0 aliphatic rings. The number of rotatable bonds is 16. The number of hydrogen-bond acceptors (Lipinski definition) is 33. The average Bonchev–Trinajstić information content (AvgIpc) is 0.875. The van der Waals surface area contributed by atoms with Crippen molar-refractivity contribution in [2.24, 2.45) is 0 Å². The van der Waals surface area contributed by atoms with Gasteiger partial charge in [-0.2, -0.15) is 0 Å². The van der Waals surface area contributed by atoms with E-state index in [1.807, 2.05) is 0 Å². The number of esters is 8. The third-order valence-corrected chi connectivity index (χ3v) is 13.1. The van der Waals surface area contributed by atoms with Gasteiger partial charge in [0.1, 0.15) is 23.0 Å². The highest BCUT2D eigenvalue weighted by atomic mass is 16.6. The van der Waals surface area contributed by atoms with Gasteiger partial charge in [0.2, 0.25) is 34.5 Å². The summed E-state index contributed by atoms with van der Waals surface area (Å²) < 4.78 is 41.2. The number of benzene rings is 9. The third kappa shape index (κ3) is 13.9. The van der Waals surface area contributed by atoms with Crippen LogP contribution in [0, 0.1) is 6.92 Å². The Kier molecular flexibility index (Phi) is 17.8. The lowest BCUT2D eigenvalue weighted by Gasteiger charge is -2.14. The van der Waals surface area contributed by atoms with Crippen molar-refractivity contribution >= 4 is 47.8 Å². The minimum Gasteiger partial charge on any atom is -0.508 e. The average molecular weight is 1320 g/mol. The zero-order valence-corrected chi connectivity index (χ0v) is 47.7. The van der Waals surface area contributed by atoms with E-state index in [1.165, 1.54) is 13.0 Å². The number of phenols is 17. The topological polar surface area (TPSA) is 554 Å². The first-order chi connectivity index (χ1) is 45.2. The summed E-state index contributed by atoms with van der Waals surface area (Å²) in [5.74, 6) is -35.2. The van der Waals surface area contributed by atoms with Gasteiger partial charge in [0.05, 0.1) is 44.5 Å². The van der Waals surface area contributed by atoms with Crippen LogP contribution in [0.15, 0.2) is 121 Å². The molecule has 17 N–H and O–H groups in total. The van der Waals surface area contributed by atoms with Crippen molar-refractivity contribution in [3.05, 3.63) is 171 Å². The van der Waals surface area contributed by atoms with Crippen molar-refractivity contribution in [3.8, 4) is 144 Å². The van der Waals surface area contributed by atoms with E-state index >= 15 is 0 Å². The second kappa shape index (κ2) is 26.0. The third-order valence-electron chi connectivity index (χ3n) is 13.1. The molecule has 9 rings (SSSR count). The number of phenolic OH excluding ortho intramolecular Hbond substituents is 17. The maximum absolute atomic E-state index is 13.5. The van der Waals surface area contributed by atoms with Gasteiger partial charge in [-0.15, -0.1) is 0 Å². The maximum Gasteiger partial charge on any atom is 0.343 e. The van der Waals surface area contributed by atoms with Crippen molar-refractivity contribution in [1.29, 1.82) is 0 Å². The smallest absolute Gasteiger partial charge is 0.343 e. The molecular weight excluding hydrogens is 1280 g/mol. The van der Waals surface area contributed by atoms with Gasteiger partial charge in [-0.3, -0.25) is 0 Å². The molecule has 0 aliphatic heterocycles. The van der Waals surface area contributed by atoms with Gasteiger partial charge in [-0.25, -0.2) is 38.4 Å². The van der Waals surface area contributed by atoms with E-state index in [9.17, 15) is 125 Å². The van der Waals surface area contributed by atoms with Crippen LogP contribution < -0.4 is 37.9 Å².